The lowest BCUT2D eigenvalue weighted by Gasteiger charge is -2.14. The highest BCUT2D eigenvalue weighted by Gasteiger charge is 2.36. The van der Waals surface area contributed by atoms with Crippen LogP contribution in [0.2, 0.25) is 0 Å². The van der Waals surface area contributed by atoms with E-state index in [1.165, 1.54) is 0 Å². The number of Topliss-reactive ketones (excluding diaryl/α,β-unsaturated/α-hetero) is 2. The van der Waals surface area contributed by atoms with Gasteiger partial charge in [-0.15, -0.1) is 0 Å². The SMILES string of the molecule is CC[C@@H]1CN(CC(=O)c2ccccc2)C[C@@H]1C(=O)CBr. The Kier molecular flexibility index (Phi) is 5.49. The van der Waals surface area contributed by atoms with E-state index < -0.39 is 0 Å². The van der Waals surface area contributed by atoms with E-state index in [0.29, 0.717) is 24.3 Å². The molecule has 108 valence electrons. The Morgan fingerprint density at radius 1 is 1.25 bits per heavy atom. The van der Waals surface area contributed by atoms with Gasteiger partial charge >= 0.3 is 0 Å². The minimum Gasteiger partial charge on any atom is -0.298 e. The second-order valence-electron chi connectivity index (χ2n) is 5.36. The molecule has 0 bridgehead atoms. The van der Waals surface area contributed by atoms with Crippen LogP contribution in [0.5, 0.6) is 0 Å². The summed E-state index contributed by atoms with van der Waals surface area (Å²) >= 11 is 3.25. The fourth-order valence-corrected chi connectivity index (χ4v) is 3.30. The number of rotatable bonds is 6. The van der Waals surface area contributed by atoms with E-state index in [4.69, 9.17) is 0 Å². The number of hydrogen-bond acceptors (Lipinski definition) is 3. The standard InChI is InChI=1S/C16H20BrNO2/c1-2-12-9-18(10-14(12)15(19)8-17)11-16(20)13-6-4-3-5-7-13/h3-7,12,14H,2,8-11H2,1H3/t12-,14+/m1/s1. The van der Waals surface area contributed by atoms with E-state index in [2.05, 4.69) is 27.8 Å². The number of carbonyl (C=O) groups excluding carboxylic acids is 2. The first-order valence-electron chi connectivity index (χ1n) is 7.05. The molecule has 2 atom stereocenters. The average Bonchev–Trinajstić information content (AvgIpc) is 2.90. The van der Waals surface area contributed by atoms with Crippen LogP contribution in [0.25, 0.3) is 0 Å². The lowest BCUT2D eigenvalue weighted by molar-refractivity contribution is -0.120. The zero-order chi connectivity index (χ0) is 14.5. The maximum Gasteiger partial charge on any atom is 0.176 e. The van der Waals surface area contributed by atoms with Crippen molar-refractivity contribution in [1.82, 2.24) is 4.90 Å². The molecule has 1 heterocycles. The number of halogens is 1. The van der Waals surface area contributed by atoms with Gasteiger partial charge in [0, 0.05) is 24.6 Å². The average molecular weight is 338 g/mol. The highest BCUT2D eigenvalue weighted by atomic mass is 79.9. The summed E-state index contributed by atoms with van der Waals surface area (Å²) in [5, 5.41) is 0.411. The number of alkyl halides is 1. The summed E-state index contributed by atoms with van der Waals surface area (Å²) < 4.78 is 0. The molecule has 0 amide bonds. The van der Waals surface area contributed by atoms with Crippen molar-refractivity contribution < 1.29 is 9.59 Å². The largest absolute Gasteiger partial charge is 0.298 e. The zero-order valence-electron chi connectivity index (χ0n) is 11.7. The summed E-state index contributed by atoms with van der Waals surface area (Å²) in [6.45, 7) is 4.08. The van der Waals surface area contributed by atoms with Gasteiger partial charge in [-0.2, -0.15) is 0 Å². The molecule has 1 aliphatic heterocycles. The Morgan fingerprint density at radius 2 is 1.95 bits per heavy atom. The van der Waals surface area contributed by atoms with Crippen LogP contribution in [0.15, 0.2) is 30.3 Å². The molecule has 0 saturated carbocycles. The van der Waals surface area contributed by atoms with Crippen molar-refractivity contribution in [2.24, 2.45) is 11.8 Å². The van der Waals surface area contributed by atoms with Gasteiger partial charge in [-0.05, 0) is 5.92 Å². The van der Waals surface area contributed by atoms with Gasteiger partial charge in [0.2, 0.25) is 0 Å². The Balaban J connectivity index is 1.98. The second kappa shape index (κ2) is 7.14. The van der Waals surface area contributed by atoms with E-state index in [1.54, 1.807) is 0 Å². The molecular weight excluding hydrogens is 318 g/mol. The fourth-order valence-electron chi connectivity index (χ4n) is 2.89. The van der Waals surface area contributed by atoms with Gasteiger partial charge in [-0.1, -0.05) is 59.6 Å². The molecule has 1 aliphatic rings. The molecule has 2 rings (SSSR count). The predicted octanol–water partition coefficient (Wildman–Crippen LogP) is 2.79. The molecule has 4 heteroatoms. The topological polar surface area (TPSA) is 37.4 Å². The van der Waals surface area contributed by atoms with Gasteiger partial charge in [0.05, 0.1) is 11.9 Å². The summed E-state index contributed by atoms with van der Waals surface area (Å²) in [4.78, 5) is 26.3. The third-order valence-electron chi connectivity index (χ3n) is 4.05. The predicted molar refractivity (Wildman–Crippen MR) is 83.3 cm³/mol. The smallest absolute Gasteiger partial charge is 0.176 e. The summed E-state index contributed by atoms with van der Waals surface area (Å²) in [5.41, 5.74) is 0.746. The molecule has 0 N–H and O–H groups in total. The molecule has 0 aromatic heterocycles. The fraction of sp³-hybridized carbons (Fsp3) is 0.500. The second-order valence-corrected chi connectivity index (χ2v) is 5.92. The Morgan fingerprint density at radius 3 is 2.55 bits per heavy atom. The van der Waals surface area contributed by atoms with E-state index in [9.17, 15) is 9.59 Å². The Bertz CT molecular complexity index is 475. The summed E-state index contributed by atoms with van der Waals surface area (Å²) in [5.74, 6) is 0.838. The number of nitrogens with zero attached hydrogens (tertiary/aromatic N) is 1. The first-order valence-corrected chi connectivity index (χ1v) is 8.17. The number of likely N-dealkylation sites (tertiary alicyclic amines) is 1. The third-order valence-corrected chi connectivity index (χ3v) is 4.60. The number of benzene rings is 1. The molecule has 0 radical (unpaired) electrons. The molecule has 3 nitrogen and oxygen atoms in total. The van der Waals surface area contributed by atoms with Crippen LogP contribution in [-0.4, -0.2) is 41.4 Å². The van der Waals surface area contributed by atoms with Gasteiger partial charge in [0.1, 0.15) is 5.78 Å². The van der Waals surface area contributed by atoms with Gasteiger partial charge in [-0.25, -0.2) is 0 Å². The molecule has 0 unspecified atom stereocenters. The van der Waals surface area contributed by atoms with Gasteiger partial charge < -0.3 is 0 Å². The van der Waals surface area contributed by atoms with Crippen molar-refractivity contribution in [3.63, 3.8) is 0 Å². The first kappa shape index (κ1) is 15.4. The number of hydrogen-bond donors (Lipinski definition) is 0. The Labute approximate surface area is 128 Å². The molecule has 1 aromatic carbocycles. The van der Waals surface area contributed by atoms with Crippen LogP contribution in [0.4, 0.5) is 0 Å². The van der Waals surface area contributed by atoms with Crippen molar-refractivity contribution >= 4 is 27.5 Å². The number of ketones is 2. The zero-order valence-corrected chi connectivity index (χ0v) is 13.3. The lowest BCUT2D eigenvalue weighted by atomic mass is 9.91. The first-order chi connectivity index (χ1) is 9.65. The minimum absolute atomic E-state index is 0.0722. The monoisotopic (exact) mass is 337 g/mol. The van der Waals surface area contributed by atoms with Crippen LogP contribution in [0, 0.1) is 11.8 Å². The van der Waals surface area contributed by atoms with E-state index in [-0.39, 0.29) is 17.5 Å². The summed E-state index contributed by atoms with van der Waals surface area (Å²) in [6, 6.07) is 9.35. The highest BCUT2D eigenvalue weighted by Crippen LogP contribution is 2.27. The van der Waals surface area contributed by atoms with Crippen LogP contribution < -0.4 is 0 Å². The van der Waals surface area contributed by atoms with Crippen LogP contribution in [-0.2, 0) is 4.79 Å². The lowest BCUT2D eigenvalue weighted by Crippen LogP contribution is -2.29. The molecule has 20 heavy (non-hydrogen) atoms. The molecule has 1 fully saturated rings. The van der Waals surface area contributed by atoms with Crippen molar-refractivity contribution in [1.29, 1.82) is 0 Å². The Hall–Kier alpha value is -1.000. The van der Waals surface area contributed by atoms with Crippen molar-refractivity contribution in [2.45, 2.75) is 13.3 Å². The minimum atomic E-state index is 0.0722. The number of carbonyl (C=O) groups is 2. The van der Waals surface area contributed by atoms with Crippen molar-refractivity contribution in [3.8, 4) is 0 Å². The quantitative estimate of drug-likeness (QED) is 0.591. The van der Waals surface area contributed by atoms with E-state index >= 15 is 0 Å². The van der Waals surface area contributed by atoms with Crippen molar-refractivity contribution in [3.05, 3.63) is 35.9 Å². The highest BCUT2D eigenvalue weighted by molar-refractivity contribution is 9.09. The van der Waals surface area contributed by atoms with E-state index in [0.717, 1.165) is 18.5 Å². The molecular formula is C16H20BrNO2. The van der Waals surface area contributed by atoms with Crippen LogP contribution >= 0.6 is 15.9 Å². The molecule has 0 aliphatic carbocycles. The van der Waals surface area contributed by atoms with Crippen molar-refractivity contribution in [2.75, 3.05) is 25.0 Å². The maximum absolute atomic E-state index is 12.2. The maximum atomic E-state index is 12.2. The van der Waals surface area contributed by atoms with Crippen LogP contribution in [0.3, 0.4) is 0 Å². The van der Waals surface area contributed by atoms with E-state index in [1.807, 2.05) is 30.3 Å². The molecule has 0 spiro atoms. The van der Waals surface area contributed by atoms with Crippen LogP contribution in [0.1, 0.15) is 23.7 Å². The summed E-state index contributed by atoms with van der Waals surface area (Å²) in [6.07, 6.45) is 0.986. The molecule has 1 aromatic rings. The van der Waals surface area contributed by atoms with Gasteiger partial charge in [-0.3, -0.25) is 14.5 Å². The van der Waals surface area contributed by atoms with Gasteiger partial charge in [0.25, 0.3) is 0 Å². The third kappa shape index (κ3) is 3.55. The van der Waals surface area contributed by atoms with Gasteiger partial charge in [0.15, 0.2) is 5.78 Å². The summed E-state index contributed by atoms with van der Waals surface area (Å²) in [7, 11) is 0. The normalized spacial score (nSPS) is 22.9. The molecule has 1 saturated heterocycles.